The fraction of sp³-hybridized carbons (Fsp3) is 0.818. The molecule has 0 heterocycles. The second kappa shape index (κ2) is 5.72. The molecule has 0 aromatic heterocycles. The lowest BCUT2D eigenvalue weighted by Crippen LogP contribution is -2.31. The zero-order valence-corrected chi connectivity index (χ0v) is 8.96. The highest BCUT2D eigenvalue weighted by Crippen LogP contribution is 2.44. The van der Waals surface area contributed by atoms with Gasteiger partial charge in [0.05, 0.1) is 6.07 Å². The van der Waals surface area contributed by atoms with Crippen LogP contribution < -0.4 is 5.32 Å². The number of carbonyl (C=O) groups is 1. The molecule has 2 N–H and O–H groups in total. The number of nitriles is 1. The van der Waals surface area contributed by atoms with E-state index in [2.05, 4.69) is 11.4 Å². The first-order valence-electron chi connectivity index (χ1n) is 5.55. The minimum absolute atomic E-state index is 0.104. The van der Waals surface area contributed by atoms with Crippen LogP contribution in [-0.4, -0.2) is 24.2 Å². The largest absolute Gasteiger partial charge is 0.396 e. The summed E-state index contributed by atoms with van der Waals surface area (Å²) in [5, 5.41) is 20.1. The van der Waals surface area contributed by atoms with Crippen molar-refractivity contribution in [2.24, 2.45) is 5.41 Å². The second-order valence-corrected chi connectivity index (χ2v) is 4.09. The summed E-state index contributed by atoms with van der Waals surface area (Å²) in [6.07, 6.45) is 5.18. The minimum Gasteiger partial charge on any atom is -0.396 e. The molecule has 84 valence electrons. The highest BCUT2D eigenvalue weighted by molar-refractivity contribution is 5.88. The first-order chi connectivity index (χ1) is 7.25. The third-order valence-electron chi connectivity index (χ3n) is 2.77. The summed E-state index contributed by atoms with van der Waals surface area (Å²) in [5.41, 5.74) is -0.689. The van der Waals surface area contributed by atoms with Gasteiger partial charge in [-0.1, -0.05) is 12.8 Å². The van der Waals surface area contributed by atoms with Crippen LogP contribution in [0.4, 0.5) is 0 Å². The van der Waals surface area contributed by atoms with E-state index in [4.69, 9.17) is 10.4 Å². The van der Waals surface area contributed by atoms with Gasteiger partial charge in [0.2, 0.25) is 5.91 Å². The fourth-order valence-electron chi connectivity index (χ4n) is 1.48. The van der Waals surface area contributed by atoms with Gasteiger partial charge >= 0.3 is 0 Å². The molecule has 0 atom stereocenters. The van der Waals surface area contributed by atoms with E-state index in [1.807, 2.05) is 0 Å². The Kier molecular flexibility index (Phi) is 4.57. The van der Waals surface area contributed by atoms with Crippen LogP contribution >= 0.6 is 0 Å². The molecule has 0 spiro atoms. The molecule has 0 aliphatic heterocycles. The number of nitrogens with zero attached hydrogens (tertiary/aromatic N) is 1. The van der Waals surface area contributed by atoms with E-state index in [0.29, 0.717) is 19.4 Å². The number of nitrogens with one attached hydrogen (secondary N) is 1. The fourth-order valence-corrected chi connectivity index (χ4v) is 1.48. The highest BCUT2D eigenvalue weighted by Gasteiger charge is 2.50. The molecule has 4 heteroatoms. The molecule has 0 aromatic carbocycles. The van der Waals surface area contributed by atoms with Crippen molar-refractivity contribution in [3.05, 3.63) is 0 Å². The van der Waals surface area contributed by atoms with E-state index in [1.54, 1.807) is 0 Å². The molecule has 0 bridgehead atoms. The Morgan fingerprint density at radius 3 is 2.53 bits per heavy atom. The molecule has 1 aliphatic rings. The summed E-state index contributed by atoms with van der Waals surface area (Å²) in [6.45, 7) is 0.887. The Labute approximate surface area is 90.3 Å². The van der Waals surface area contributed by atoms with Crippen LogP contribution in [0.15, 0.2) is 0 Å². The van der Waals surface area contributed by atoms with Crippen LogP contribution in [0.5, 0.6) is 0 Å². The Hall–Kier alpha value is -1.08. The number of hydrogen-bond acceptors (Lipinski definition) is 3. The van der Waals surface area contributed by atoms with Gasteiger partial charge in [-0.25, -0.2) is 0 Å². The van der Waals surface area contributed by atoms with Crippen molar-refractivity contribution in [3.63, 3.8) is 0 Å². The van der Waals surface area contributed by atoms with Crippen molar-refractivity contribution < 1.29 is 9.90 Å². The van der Waals surface area contributed by atoms with E-state index in [9.17, 15) is 4.79 Å². The smallest absolute Gasteiger partial charge is 0.240 e. The normalized spacial score (nSPS) is 16.8. The molecule has 0 aromatic rings. The molecule has 15 heavy (non-hydrogen) atoms. The number of amides is 1. The summed E-state index contributed by atoms with van der Waals surface area (Å²) >= 11 is 0. The number of aliphatic hydroxyl groups is 1. The summed E-state index contributed by atoms with van der Waals surface area (Å²) in [5.74, 6) is -0.104. The summed E-state index contributed by atoms with van der Waals surface area (Å²) in [6, 6.07) is 2.07. The SMILES string of the molecule is N#CC1(C(=O)NCCCCCCO)CC1. The number of rotatable bonds is 7. The molecule has 1 rings (SSSR count). The molecule has 0 unspecified atom stereocenters. The van der Waals surface area contributed by atoms with Crippen LogP contribution in [-0.2, 0) is 4.79 Å². The van der Waals surface area contributed by atoms with Gasteiger partial charge in [-0.3, -0.25) is 4.79 Å². The van der Waals surface area contributed by atoms with Crippen molar-refractivity contribution in [2.75, 3.05) is 13.2 Å². The van der Waals surface area contributed by atoms with Gasteiger partial charge in [0.1, 0.15) is 5.41 Å². The van der Waals surface area contributed by atoms with Crippen LogP contribution in [0.3, 0.4) is 0 Å². The van der Waals surface area contributed by atoms with Gasteiger partial charge in [-0.2, -0.15) is 5.26 Å². The van der Waals surface area contributed by atoms with Crippen molar-refractivity contribution in [1.29, 1.82) is 5.26 Å². The number of unbranched alkanes of at least 4 members (excludes halogenated alkanes) is 3. The number of hydrogen-bond donors (Lipinski definition) is 2. The molecule has 1 amide bonds. The highest BCUT2D eigenvalue weighted by atomic mass is 16.2. The van der Waals surface area contributed by atoms with Gasteiger partial charge < -0.3 is 10.4 Å². The molecule has 1 fully saturated rings. The zero-order valence-electron chi connectivity index (χ0n) is 8.96. The third-order valence-corrected chi connectivity index (χ3v) is 2.77. The Morgan fingerprint density at radius 1 is 1.33 bits per heavy atom. The zero-order chi connectivity index (χ0) is 11.1. The van der Waals surface area contributed by atoms with Crippen molar-refractivity contribution in [1.82, 2.24) is 5.32 Å². The summed E-state index contributed by atoms with van der Waals surface area (Å²) in [4.78, 5) is 11.5. The minimum atomic E-state index is -0.689. The Morgan fingerprint density at radius 2 is 2.00 bits per heavy atom. The van der Waals surface area contributed by atoms with E-state index in [-0.39, 0.29) is 12.5 Å². The van der Waals surface area contributed by atoms with E-state index in [1.165, 1.54) is 0 Å². The molecule has 1 saturated carbocycles. The van der Waals surface area contributed by atoms with Crippen molar-refractivity contribution in [3.8, 4) is 6.07 Å². The molecule has 4 nitrogen and oxygen atoms in total. The Bertz CT molecular complexity index is 254. The maximum Gasteiger partial charge on any atom is 0.240 e. The second-order valence-electron chi connectivity index (χ2n) is 4.09. The predicted octanol–water partition coefficient (Wildman–Crippen LogP) is 0.959. The van der Waals surface area contributed by atoms with Gasteiger partial charge in [0.25, 0.3) is 0 Å². The maximum atomic E-state index is 11.5. The lowest BCUT2D eigenvalue weighted by Gasteiger charge is -2.07. The lowest BCUT2D eigenvalue weighted by atomic mass is 10.1. The number of aliphatic hydroxyl groups excluding tert-OH is 1. The van der Waals surface area contributed by atoms with Crippen molar-refractivity contribution in [2.45, 2.75) is 38.5 Å². The average Bonchev–Trinajstić information content (AvgIpc) is 3.03. The van der Waals surface area contributed by atoms with E-state index < -0.39 is 5.41 Å². The first-order valence-corrected chi connectivity index (χ1v) is 5.55. The van der Waals surface area contributed by atoms with E-state index >= 15 is 0 Å². The average molecular weight is 210 g/mol. The van der Waals surface area contributed by atoms with Gasteiger partial charge in [-0.15, -0.1) is 0 Å². The molecular formula is C11H18N2O2. The first kappa shape index (κ1) is 12.0. The molecule has 0 radical (unpaired) electrons. The predicted molar refractivity (Wildman–Crippen MR) is 55.8 cm³/mol. The Balaban J connectivity index is 2.01. The lowest BCUT2D eigenvalue weighted by molar-refractivity contribution is -0.124. The molecule has 1 aliphatic carbocycles. The topological polar surface area (TPSA) is 73.1 Å². The van der Waals surface area contributed by atoms with E-state index in [0.717, 1.165) is 25.7 Å². The van der Waals surface area contributed by atoms with Crippen LogP contribution in [0.1, 0.15) is 38.5 Å². The van der Waals surface area contributed by atoms with Gasteiger partial charge in [-0.05, 0) is 25.7 Å². The summed E-state index contributed by atoms with van der Waals surface area (Å²) < 4.78 is 0. The quantitative estimate of drug-likeness (QED) is 0.615. The number of carbonyl (C=O) groups excluding carboxylic acids is 1. The van der Waals surface area contributed by atoms with Crippen molar-refractivity contribution >= 4 is 5.91 Å². The third kappa shape index (κ3) is 3.52. The molecule has 0 saturated heterocycles. The standard InChI is InChI=1S/C11H18N2O2/c12-9-11(5-6-11)10(15)13-7-3-1-2-4-8-14/h14H,1-8H2,(H,13,15). The van der Waals surface area contributed by atoms with Gasteiger partial charge in [0, 0.05) is 13.2 Å². The van der Waals surface area contributed by atoms with Crippen LogP contribution in [0.25, 0.3) is 0 Å². The summed E-state index contributed by atoms with van der Waals surface area (Å²) in [7, 11) is 0. The van der Waals surface area contributed by atoms with Crippen LogP contribution in [0, 0.1) is 16.7 Å². The van der Waals surface area contributed by atoms with Gasteiger partial charge in [0.15, 0.2) is 0 Å². The monoisotopic (exact) mass is 210 g/mol. The maximum absolute atomic E-state index is 11.5. The van der Waals surface area contributed by atoms with Crippen LogP contribution in [0.2, 0.25) is 0 Å². The molecular weight excluding hydrogens is 192 g/mol.